The number of carbonyl (C=O) groups excluding carboxylic acids is 2. The lowest BCUT2D eigenvalue weighted by Crippen LogP contribution is -2.67. The zero-order valence-corrected chi connectivity index (χ0v) is 20.6. The fourth-order valence-corrected chi connectivity index (χ4v) is 6.12. The lowest BCUT2D eigenvalue weighted by molar-refractivity contribution is -0.167. The molecule has 6 rings (SSSR count). The van der Waals surface area contributed by atoms with Crippen LogP contribution in [0.4, 0.5) is 0 Å². The predicted octanol–water partition coefficient (Wildman–Crippen LogP) is 4.59. The first kappa shape index (κ1) is 22.8. The monoisotopic (exact) mass is 499 g/mol. The number of H-pyrrole nitrogens is 1. The van der Waals surface area contributed by atoms with Gasteiger partial charge in [0.1, 0.15) is 0 Å². The Bertz CT molecular complexity index is 1480. The van der Waals surface area contributed by atoms with E-state index in [0.29, 0.717) is 22.8 Å². The molecule has 2 aliphatic heterocycles. The molecule has 0 aliphatic carbocycles. The molecule has 182 valence electrons. The van der Waals surface area contributed by atoms with E-state index in [9.17, 15) is 14.7 Å². The van der Waals surface area contributed by atoms with Gasteiger partial charge in [-0.25, -0.2) is 0 Å². The average Bonchev–Trinajstić information content (AvgIpc) is 3.29. The third-order valence-electron chi connectivity index (χ3n) is 7.68. The summed E-state index contributed by atoms with van der Waals surface area (Å²) in [4.78, 5) is 34.4. The largest absolute Gasteiger partial charge is 0.387 e. The zero-order chi connectivity index (χ0) is 25.0. The first-order valence-corrected chi connectivity index (χ1v) is 12.5. The maximum absolute atomic E-state index is 14.1. The van der Waals surface area contributed by atoms with E-state index in [2.05, 4.69) is 4.98 Å². The van der Waals surface area contributed by atoms with Gasteiger partial charge in [0.05, 0.1) is 24.9 Å². The zero-order valence-electron chi connectivity index (χ0n) is 19.8. The fourth-order valence-electron chi connectivity index (χ4n) is 5.85. The van der Waals surface area contributed by atoms with Crippen molar-refractivity contribution in [2.75, 3.05) is 19.6 Å². The summed E-state index contributed by atoms with van der Waals surface area (Å²) in [6.45, 7) is 2.12. The van der Waals surface area contributed by atoms with Gasteiger partial charge >= 0.3 is 0 Å². The van der Waals surface area contributed by atoms with Crippen molar-refractivity contribution in [1.82, 2.24) is 14.8 Å². The molecular weight excluding hydrogens is 474 g/mol. The molecule has 2 aliphatic rings. The minimum absolute atomic E-state index is 0.0432. The van der Waals surface area contributed by atoms with E-state index in [-0.39, 0.29) is 30.8 Å². The molecule has 2 amide bonds. The third-order valence-corrected chi connectivity index (χ3v) is 8.02. The summed E-state index contributed by atoms with van der Waals surface area (Å²) >= 11 is 6.64. The number of hydrogen-bond donors (Lipinski definition) is 2. The smallest absolute Gasteiger partial charge is 0.255 e. The molecule has 4 aromatic rings. The summed E-state index contributed by atoms with van der Waals surface area (Å²) in [6, 6.07) is 24.8. The molecule has 0 spiro atoms. The molecule has 1 fully saturated rings. The van der Waals surface area contributed by atoms with Crippen LogP contribution in [0.15, 0.2) is 78.9 Å². The summed E-state index contributed by atoms with van der Waals surface area (Å²) in [5.41, 5.74) is 3.01. The Morgan fingerprint density at radius 2 is 1.72 bits per heavy atom. The van der Waals surface area contributed by atoms with E-state index in [1.807, 2.05) is 85.8 Å². The van der Waals surface area contributed by atoms with Crippen LogP contribution >= 0.6 is 11.6 Å². The topological polar surface area (TPSA) is 76.6 Å². The number of nitrogens with one attached hydrogen (secondary N) is 1. The Labute approximate surface area is 214 Å². The molecule has 0 bridgehead atoms. The Kier molecular flexibility index (Phi) is 5.39. The van der Waals surface area contributed by atoms with Crippen LogP contribution in [-0.2, 0) is 15.1 Å². The second-order valence-corrected chi connectivity index (χ2v) is 10.1. The van der Waals surface area contributed by atoms with Gasteiger partial charge in [-0.05, 0) is 35.7 Å². The first-order valence-electron chi connectivity index (χ1n) is 12.1. The Balaban J connectivity index is 1.48. The molecule has 1 aromatic heterocycles. The minimum Gasteiger partial charge on any atom is -0.387 e. The van der Waals surface area contributed by atoms with Crippen LogP contribution in [0.3, 0.4) is 0 Å². The highest BCUT2D eigenvalue weighted by atomic mass is 35.5. The number of fused-ring (bicyclic) bond motifs is 5. The molecular formula is C29H26ClN3O3. The van der Waals surface area contributed by atoms with Crippen molar-refractivity contribution in [3.05, 3.63) is 106 Å². The Morgan fingerprint density at radius 1 is 1.03 bits per heavy atom. The number of aromatic nitrogens is 1. The van der Waals surface area contributed by atoms with E-state index < -0.39 is 11.6 Å². The number of nitrogens with zero attached hydrogens (tertiary/aromatic N) is 2. The van der Waals surface area contributed by atoms with Crippen LogP contribution in [0.25, 0.3) is 10.9 Å². The third kappa shape index (κ3) is 3.36. The molecule has 36 heavy (non-hydrogen) atoms. The standard InChI is InChI=1S/C29H26ClN3O3/c1-29-27-26(20-12-6-8-14-23(20)31-27)21(19-11-5-7-13-22(19)30)15-33(29)25(35)17-32(28(29)36)16-24(34)18-9-3-2-4-10-18/h2-14,21,24,31,34H,15-17H2,1H3/t21-,24-,29+/m1/s1. The van der Waals surface area contributed by atoms with Crippen LogP contribution in [0.2, 0.25) is 5.02 Å². The first-order chi connectivity index (χ1) is 17.4. The van der Waals surface area contributed by atoms with E-state index in [1.54, 1.807) is 4.90 Å². The molecule has 6 nitrogen and oxygen atoms in total. The van der Waals surface area contributed by atoms with Crippen LogP contribution in [0, 0.1) is 0 Å². The number of benzene rings is 3. The van der Waals surface area contributed by atoms with Gasteiger partial charge in [0.25, 0.3) is 5.91 Å². The van der Waals surface area contributed by atoms with Gasteiger partial charge in [-0.3, -0.25) is 9.59 Å². The molecule has 1 saturated heterocycles. The molecule has 0 unspecified atom stereocenters. The average molecular weight is 500 g/mol. The normalized spacial score (nSPS) is 22.5. The summed E-state index contributed by atoms with van der Waals surface area (Å²) in [5.74, 6) is -0.544. The highest BCUT2D eigenvalue weighted by Gasteiger charge is 2.56. The summed E-state index contributed by atoms with van der Waals surface area (Å²) in [7, 11) is 0. The van der Waals surface area contributed by atoms with Gasteiger partial charge in [-0.2, -0.15) is 0 Å². The van der Waals surface area contributed by atoms with Gasteiger partial charge in [-0.15, -0.1) is 0 Å². The van der Waals surface area contributed by atoms with Gasteiger partial charge < -0.3 is 19.9 Å². The summed E-state index contributed by atoms with van der Waals surface area (Å²) < 4.78 is 0. The van der Waals surface area contributed by atoms with E-state index in [0.717, 1.165) is 22.0 Å². The van der Waals surface area contributed by atoms with Crippen molar-refractivity contribution < 1.29 is 14.7 Å². The quantitative estimate of drug-likeness (QED) is 0.431. The van der Waals surface area contributed by atoms with Crippen LogP contribution in [-0.4, -0.2) is 51.3 Å². The van der Waals surface area contributed by atoms with E-state index >= 15 is 0 Å². The Morgan fingerprint density at radius 3 is 2.50 bits per heavy atom. The maximum atomic E-state index is 14.1. The summed E-state index contributed by atoms with van der Waals surface area (Å²) in [5, 5.41) is 12.5. The van der Waals surface area contributed by atoms with Gasteiger partial charge in [-0.1, -0.05) is 78.3 Å². The number of carbonyl (C=O) groups is 2. The molecule has 3 atom stereocenters. The lowest BCUT2D eigenvalue weighted by Gasteiger charge is -2.51. The van der Waals surface area contributed by atoms with E-state index in [4.69, 9.17) is 11.6 Å². The van der Waals surface area contributed by atoms with Crippen molar-refractivity contribution in [3.63, 3.8) is 0 Å². The molecule has 3 heterocycles. The molecule has 0 saturated carbocycles. The van der Waals surface area contributed by atoms with Crippen molar-refractivity contribution in [2.24, 2.45) is 0 Å². The second kappa shape index (κ2) is 8.50. The van der Waals surface area contributed by atoms with Crippen molar-refractivity contribution in [2.45, 2.75) is 24.5 Å². The molecule has 3 aromatic carbocycles. The number of rotatable bonds is 4. The minimum atomic E-state index is -1.22. The van der Waals surface area contributed by atoms with Gasteiger partial charge in [0.15, 0.2) is 5.54 Å². The SMILES string of the molecule is C[C@]12C(=O)N(C[C@@H](O)c3ccccc3)CC(=O)N1C[C@H](c1ccccc1Cl)c1c2[nH]c2ccccc12. The maximum Gasteiger partial charge on any atom is 0.255 e. The highest BCUT2D eigenvalue weighted by Crippen LogP contribution is 2.49. The highest BCUT2D eigenvalue weighted by molar-refractivity contribution is 6.31. The van der Waals surface area contributed by atoms with Crippen molar-refractivity contribution in [3.8, 4) is 0 Å². The van der Waals surface area contributed by atoms with Crippen LogP contribution < -0.4 is 0 Å². The molecule has 7 heteroatoms. The fraction of sp³-hybridized carbons (Fsp3) is 0.241. The van der Waals surface area contributed by atoms with Crippen molar-refractivity contribution >= 4 is 34.3 Å². The number of piperazine rings is 1. The van der Waals surface area contributed by atoms with Crippen LogP contribution in [0.1, 0.15) is 41.3 Å². The number of para-hydroxylation sites is 1. The van der Waals surface area contributed by atoms with Crippen molar-refractivity contribution in [1.29, 1.82) is 0 Å². The molecule has 2 N–H and O–H groups in total. The Hall–Kier alpha value is -3.61. The van der Waals surface area contributed by atoms with Gasteiger partial charge in [0.2, 0.25) is 5.91 Å². The number of halogens is 1. The number of aliphatic hydroxyl groups excluding tert-OH is 1. The number of aromatic amines is 1. The number of β-amino-alcohol motifs (C(OH)–C–C–N with tert-alkyl or cyclic N) is 1. The molecule has 0 radical (unpaired) electrons. The summed E-state index contributed by atoms with van der Waals surface area (Å²) in [6.07, 6.45) is -0.889. The van der Waals surface area contributed by atoms with Gasteiger partial charge in [0, 0.05) is 28.4 Å². The van der Waals surface area contributed by atoms with Crippen LogP contribution in [0.5, 0.6) is 0 Å². The second-order valence-electron chi connectivity index (χ2n) is 9.72. The predicted molar refractivity (Wildman–Crippen MR) is 139 cm³/mol. The number of hydrogen-bond acceptors (Lipinski definition) is 3. The number of amides is 2. The lowest BCUT2D eigenvalue weighted by atomic mass is 9.76. The van der Waals surface area contributed by atoms with E-state index in [1.165, 1.54) is 4.90 Å². The number of aliphatic hydroxyl groups is 1.